The fourth-order valence-corrected chi connectivity index (χ4v) is 2.62. The topological polar surface area (TPSA) is 49.8 Å². The molecule has 110 valence electrons. The largest absolute Gasteiger partial charge is 0.386 e. The Morgan fingerprint density at radius 3 is 2.95 bits per heavy atom. The number of benzene rings is 1. The Kier molecular flexibility index (Phi) is 5.15. The molecule has 1 aromatic rings. The van der Waals surface area contributed by atoms with E-state index in [1.807, 2.05) is 24.0 Å². The third-order valence-corrected chi connectivity index (χ3v) is 3.77. The van der Waals surface area contributed by atoms with E-state index >= 15 is 0 Å². The van der Waals surface area contributed by atoms with Crippen molar-refractivity contribution in [1.82, 2.24) is 4.90 Å². The smallest absolute Gasteiger partial charge is 0.222 e. The van der Waals surface area contributed by atoms with Gasteiger partial charge in [-0.15, -0.1) is 0 Å². The number of carbonyl (C=O) groups excluding carboxylic acids is 1. The number of nitrogens with zero attached hydrogens (tertiary/aromatic N) is 1. The first-order valence-electron chi connectivity index (χ1n) is 7.22. The van der Waals surface area contributed by atoms with Gasteiger partial charge in [-0.2, -0.15) is 0 Å². The lowest BCUT2D eigenvalue weighted by molar-refractivity contribution is -0.132. The van der Waals surface area contributed by atoms with Crippen molar-refractivity contribution in [3.8, 4) is 0 Å². The van der Waals surface area contributed by atoms with E-state index in [-0.39, 0.29) is 12.5 Å². The van der Waals surface area contributed by atoms with Gasteiger partial charge in [0.25, 0.3) is 0 Å². The van der Waals surface area contributed by atoms with Crippen LogP contribution in [0.3, 0.4) is 0 Å². The van der Waals surface area contributed by atoms with Gasteiger partial charge in [0.05, 0.1) is 6.61 Å². The van der Waals surface area contributed by atoms with Crippen LogP contribution in [0.15, 0.2) is 18.2 Å². The number of fused-ring (bicyclic) bond motifs is 1. The van der Waals surface area contributed by atoms with Gasteiger partial charge in [-0.05, 0) is 29.5 Å². The number of ether oxygens (including phenoxy) is 1. The normalized spacial score (nSPS) is 15.8. The van der Waals surface area contributed by atoms with Crippen molar-refractivity contribution in [3.63, 3.8) is 0 Å². The third-order valence-electron chi connectivity index (χ3n) is 3.77. The lowest BCUT2D eigenvalue weighted by Crippen LogP contribution is -2.35. The van der Waals surface area contributed by atoms with Crippen molar-refractivity contribution < 1.29 is 14.6 Å². The van der Waals surface area contributed by atoms with Gasteiger partial charge in [-0.3, -0.25) is 4.79 Å². The molecular weight excluding hydrogens is 254 g/mol. The van der Waals surface area contributed by atoms with E-state index < -0.39 is 6.10 Å². The van der Waals surface area contributed by atoms with E-state index in [0.29, 0.717) is 13.0 Å². The van der Waals surface area contributed by atoms with E-state index in [2.05, 4.69) is 6.07 Å². The molecule has 1 N–H and O–H groups in total. The molecule has 1 heterocycles. The van der Waals surface area contributed by atoms with Crippen LogP contribution in [0.2, 0.25) is 0 Å². The maximum absolute atomic E-state index is 12.0. The molecular formula is C16H23NO3. The summed E-state index contributed by atoms with van der Waals surface area (Å²) in [5, 5.41) is 9.98. The highest BCUT2D eigenvalue weighted by molar-refractivity contribution is 5.76. The second-order valence-corrected chi connectivity index (χ2v) is 5.31. The predicted octanol–water partition coefficient (Wildman–Crippen LogP) is 2.05. The number of amides is 1. The maximum atomic E-state index is 12.0. The van der Waals surface area contributed by atoms with E-state index in [4.69, 9.17) is 4.74 Å². The van der Waals surface area contributed by atoms with Gasteiger partial charge < -0.3 is 14.7 Å². The molecule has 0 aliphatic carbocycles. The number of carbonyl (C=O) groups is 1. The second-order valence-electron chi connectivity index (χ2n) is 5.31. The highest BCUT2D eigenvalue weighted by atomic mass is 16.5. The molecule has 4 heteroatoms. The van der Waals surface area contributed by atoms with Crippen molar-refractivity contribution >= 4 is 5.91 Å². The monoisotopic (exact) mass is 277 g/mol. The summed E-state index contributed by atoms with van der Waals surface area (Å²) in [6, 6.07) is 6.02. The summed E-state index contributed by atoms with van der Waals surface area (Å²) in [5.74, 6) is 0.223. The molecule has 2 rings (SSSR count). The zero-order chi connectivity index (χ0) is 14.5. The van der Waals surface area contributed by atoms with Crippen LogP contribution in [-0.2, 0) is 22.5 Å². The van der Waals surface area contributed by atoms with Crippen LogP contribution >= 0.6 is 0 Å². The summed E-state index contributed by atoms with van der Waals surface area (Å²) in [7, 11) is 1.58. The van der Waals surface area contributed by atoms with Crippen molar-refractivity contribution in [2.24, 2.45) is 0 Å². The molecule has 0 radical (unpaired) electrons. The van der Waals surface area contributed by atoms with Crippen molar-refractivity contribution in [1.29, 1.82) is 0 Å². The highest BCUT2D eigenvalue weighted by Gasteiger charge is 2.21. The Hall–Kier alpha value is -1.39. The number of hydrogen-bond donors (Lipinski definition) is 1. The minimum Gasteiger partial charge on any atom is -0.386 e. The molecule has 0 spiro atoms. The Morgan fingerprint density at radius 2 is 2.25 bits per heavy atom. The standard InChI is InChI=1S/C16H23NO3/c1-3-4-16(19)17-8-7-12-5-6-13(9-14(12)10-17)15(18)11-20-2/h5-6,9,15,18H,3-4,7-8,10-11H2,1-2H3. The second kappa shape index (κ2) is 6.86. The molecule has 0 aromatic heterocycles. The van der Waals surface area contributed by atoms with Crippen LogP contribution in [0.4, 0.5) is 0 Å². The Balaban J connectivity index is 2.13. The molecule has 0 bridgehead atoms. The van der Waals surface area contributed by atoms with Crippen LogP contribution in [0.25, 0.3) is 0 Å². The Morgan fingerprint density at radius 1 is 1.45 bits per heavy atom. The number of methoxy groups -OCH3 is 1. The first-order valence-corrected chi connectivity index (χ1v) is 7.22. The fourth-order valence-electron chi connectivity index (χ4n) is 2.62. The van der Waals surface area contributed by atoms with Crippen LogP contribution < -0.4 is 0 Å². The zero-order valence-corrected chi connectivity index (χ0v) is 12.3. The predicted molar refractivity (Wildman–Crippen MR) is 77.3 cm³/mol. The lowest BCUT2D eigenvalue weighted by Gasteiger charge is -2.29. The van der Waals surface area contributed by atoms with Crippen LogP contribution in [0.1, 0.15) is 42.6 Å². The summed E-state index contributed by atoms with van der Waals surface area (Å²) in [4.78, 5) is 13.9. The van der Waals surface area contributed by atoms with E-state index in [9.17, 15) is 9.90 Å². The first-order chi connectivity index (χ1) is 9.65. The molecule has 0 saturated heterocycles. The molecule has 1 atom stereocenters. The number of hydrogen-bond acceptors (Lipinski definition) is 3. The summed E-state index contributed by atoms with van der Waals surface area (Å²) in [6.45, 7) is 3.76. The summed E-state index contributed by atoms with van der Waals surface area (Å²) >= 11 is 0. The number of aliphatic hydroxyl groups excluding tert-OH is 1. The molecule has 1 amide bonds. The maximum Gasteiger partial charge on any atom is 0.222 e. The quantitative estimate of drug-likeness (QED) is 0.896. The minimum absolute atomic E-state index is 0.223. The third kappa shape index (κ3) is 3.38. The number of rotatable bonds is 5. The van der Waals surface area contributed by atoms with Crippen LogP contribution in [0, 0.1) is 0 Å². The Bertz CT molecular complexity index is 473. The molecule has 1 aromatic carbocycles. The SMILES string of the molecule is CCCC(=O)N1CCc2ccc(C(O)COC)cc2C1. The van der Waals surface area contributed by atoms with Gasteiger partial charge in [0.1, 0.15) is 6.10 Å². The zero-order valence-electron chi connectivity index (χ0n) is 12.3. The molecule has 1 aliphatic rings. The average Bonchev–Trinajstić information content (AvgIpc) is 2.46. The Labute approximate surface area is 120 Å². The van der Waals surface area contributed by atoms with E-state index in [0.717, 1.165) is 30.5 Å². The van der Waals surface area contributed by atoms with Crippen molar-refractivity contribution in [2.75, 3.05) is 20.3 Å². The molecule has 0 fully saturated rings. The lowest BCUT2D eigenvalue weighted by atomic mass is 9.95. The van der Waals surface area contributed by atoms with E-state index in [1.54, 1.807) is 7.11 Å². The summed E-state index contributed by atoms with van der Waals surface area (Å²) < 4.78 is 4.98. The average molecular weight is 277 g/mol. The van der Waals surface area contributed by atoms with Crippen LogP contribution in [0.5, 0.6) is 0 Å². The van der Waals surface area contributed by atoms with Crippen LogP contribution in [-0.4, -0.2) is 36.2 Å². The molecule has 1 unspecified atom stereocenters. The van der Waals surface area contributed by atoms with Gasteiger partial charge in [0.2, 0.25) is 5.91 Å². The van der Waals surface area contributed by atoms with E-state index in [1.165, 1.54) is 5.56 Å². The fraction of sp³-hybridized carbons (Fsp3) is 0.562. The van der Waals surface area contributed by atoms with Gasteiger partial charge in [0.15, 0.2) is 0 Å². The molecule has 4 nitrogen and oxygen atoms in total. The first kappa shape index (κ1) is 15.0. The highest BCUT2D eigenvalue weighted by Crippen LogP contribution is 2.24. The van der Waals surface area contributed by atoms with Gasteiger partial charge in [-0.1, -0.05) is 25.1 Å². The van der Waals surface area contributed by atoms with Gasteiger partial charge in [-0.25, -0.2) is 0 Å². The van der Waals surface area contributed by atoms with Gasteiger partial charge in [0, 0.05) is 26.6 Å². The van der Waals surface area contributed by atoms with Crippen molar-refractivity contribution in [3.05, 3.63) is 34.9 Å². The minimum atomic E-state index is -0.605. The molecule has 20 heavy (non-hydrogen) atoms. The molecule has 1 aliphatic heterocycles. The van der Waals surface area contributed by atoms with Gasteiger partial charge >= 0.3 is 0 Å². The summed E-state index contributed by atoms with van der Waals surface area (Å²) in [5.41, 5.74) is 3.28. The summed E-state index contributed by atoms with van der Waals surface area (Å²) in [6.07, 6.45) is 1.79. The van der Waals surface area contributed by atoms with Crippen molar-refractivity contribution in [2.45, 2.75) is 38.8 Å². The molecule has 0 saturated carbocycles. The number of aliphatic hydroxyl groups is 1.